The maximum absolute atomic E-state index is 11.8. The minimum atomic E-state index is -0.193. The number of halogens is 2. The first kappa shape index (κ1) is 12.7. The van der Waals surface area contributed by atoms with Crippen molar-refractivity contribution in [2.75, 3.05) is 7.11 Å². The molecule has 1 rings (SSSR count). The first-order valence-electron chi connectivity index (χ1n) is 4.51. The van der Waals surface area contributed by atoms with Crippen molar-refractivity contribution in [1.29, 1.82) is 0 Å². The third-order valence-electron chi connectivity index (χ3n) is 2.05. The van der Waals surface area contributed by atoms with Crippen molar-refractivity contribution in [2.24, 2.45) is 0 Å². The number of hydrogen-bond donors (Lipinski definition) is 0. The molecule has 0 aromatic heterocycles. The summed E-state index contributed by atoms with van der Waals surface area (Å²) in [5, 5.41) is 0.752. The van der Waals surface area contributed by atoms with Crippen LogP contribution in [0.25, 0.3) is 0 Å². The molecule has 0 N–H and O–H groups in total. The molecule has 4 heteroatoms. The van der Waals surface area contributed by atoms with E-state index >= 15 is 0 Å². The number of carbonyl (C=O) groups is 1. The monoisotopic (exact) mass is 334 g/mol. The van der Waals surface area contributed by atoms with Gasteiger partial charge in [-0.3, -0.25) is 4.79 Å². The minimum Gasteiger partial charge on any atom is -0.496 e. The molecule has 0 aliphatic rings. The third kappa shape index (κ3) is 3.05. The lowest BCUT2D eigenvalue weighted by atomic mass is 10.1. The number of rotatable bonds is 4. The molecule has 1 unspecified atom stereocenters. The van der Waals surface area contributed by atoms with E-state index in [4.69, 9.17) is 4.74 Å². The predicted molar refractivity (Wildman–Crippen MR) is 68.3 cm³/mol. The molecule has 0 radical (unpaired) electrons. The van der Waals surface area contributed by atoms with Crippen molar-refractivity contribution >= 4 is 37.6 Å². The van der Waals surface area contributed by atoms with Crippen molar-refractivity contribution in [1.82, 2.24) is 0 Å². The van der Waals surface area contributed by atoms with Gasteiger partial charge in [-0.2, -0.15) is 0 Å². The van der Waals surface area contributed by atoms with E-state index in [1.165, 1.54) is 0 Å². The van der Waals surface area contributed by atoms with Gasteiger partial charge in [0.05, 0.1) is 17.5 Å². The fraction of sp³-hybridized carbons (Fsp3) is 0.364. The first-order valence-corrected chi connectivity index (χ1v) is 6.55. The van der Waals surface area contributed by atoms with Gasteiger partial charge in [-0.15, -0.1) is 0 Å². The normalized spacial score (nSPS) is 12.3. The SMILES string of the molecule is COc1cc(CBr)ccc1C(=O)C(C)Br. The van der Waals surface area contributed by atoms with Gasteiger partial charge in [0.2, 0.25) is 0 Å². The standard InChI is InChI=1S/C11H12Br2O2/c1-7(13)11(14)9-4-3-8(6-12)5-10(9)15-2/h3-5,7H,6H2,1-2H3. The third-order valence-corrected chi connectivity index (χ3v) is 3.11. The van der Waals surface area contributed by atoms with Gasteiger partial charge in [0.25, 0.3) is 0 Å². The van der Waals surface area contributed by atoms with E-state index in [0.29, 0.717) is 11.3 Å². The van der Waals surface area contributed by atoms with Crippen LogP contribution in [0, 0.1) is 0 Å². The van der Waals surface area contributed by atoms with E-state index in [2.05, 4.69) is 31.9 Å². The van der Waals surface area contributed by atoms with Gasteiger partial charge in [-0.25, -0.2) is 0 Å². The smallest absolute Gasteiger partial charge is 0.179 e. The Morgan fingerprint density at radius 3 is 2.67 bits per heavy atom. The van der Waals surface area contributed by atoms with Crippen LogP contribution in [0.4, 0.5) is 0 Å². The lowest BCUT2D eigenvalue weighted by molar-refractivity contribution is 0.0993. The number of hydrogen-bond acceptors (Lipinski definition) is 2. The van der Waals surface area contributed by atoms with Gasteiger partial charge in [-0.1, -0.05) is 37.9 Å². The van der Waals surface area contributed by atoms with E-state index in [9.17, 15) is 4.79 Å². The maximum Gasteiger partial charge on any atom is 0.179 e. The highest BCUT2D eigenvalue weighted by atomic mass is 79.9. The van der Waals surface area contributed by atoms with Crippen LogP contribution in [0.1, 0.15) is 22.8 Å². The number of ether oxygens (including phenoxy) is 1. The second kappa shape index (κ2) is 5.66. The van der Waals surface area contributed by atoms with E-state index < -0.39 is 0 Å². The van der Waals surface area contributed by atoms with Crippen molar-refractivity contribution < 1.29 is 9.53 Å². The van der Waals surface area contributed by atoms with Crippen molar-refractivity contribution in [3.63, 3.8) is 0 Å². The molecule has 82 valence electrons. The second-order valence-corrected chi connectivity index (χ2v) is 5.08. The molecule has 1 aromatic carbocycles. The fourth-order valence-corrected chi connectivity index (χ4v) is 1.83. The predicted octanol–water partition coefficient (Wildman–Crippen LogP) is 3.56. The van der Waals surface area contributed by atoms with Crippen LogP contribution in [0.2, 0.25) is 0 Å². The van der Waals surface area contributed by atoms with Gasteiger partial charge in [0.1, 0.15) is 5.75 Å². The number of carbonyl (C=O) groups excluding carboxylic acids is 1. The molecule has 1 atom stereocenters. The van der Waals surface area contributed by atoms with Gasteiger partial charge in [0.15, 0.2) is 5.78 Å². The molecular weight excluding hydrogens is 324 g/mol. The van der Waals surface area contributed by atoms with Crippen LogP contribution in [-0.4, -0.2) is 17.7 Å². The first-order chi connectivity index (χ1) is 7.10. The molecule has 0 aliphatic carbocycles. The average Bonchev–Trinajstić information content (AvgIpc) is 2.27. The quantitative estimate of drug-likeness (QED) is 0.621. The highest BCUT2D eigenvalue weighted by Crippen LogP contribution is 2.24. The molecule has 0 bridgehead atoms. The highest BCUT2D eigenvalue weighted by Gasteiger charge is 2.16. The molecule has 2 nitrogen and oxygen atoms in total. The Labute approximate surface area is 106 Å². The zero-order chi connectivity index (χ0) is 11.4. The van der Waals surface area contributed by atoms with Crippen LogP contribution in [0.3, 0.4) is 0 Å². The number of alkyl halides is 2. The molecular formula is C11H12Br2O2. The molecule has 0 amide bonds. The van der Waals surface area contributed by atoms with E-state index in [-0.39, 0.29) is 10.6 Å². The number of benzene rings is 1. The summed E-state index contributed by atoms with van der Waals surface area (Å²) in [5.74, 6) is 0.663. The van der Waals surface area contributed by atoms with Crippen LogP contribution >= 0.6 is 31.9 Å². The van der Waals surface area contributed by atoms with E-state index in [0.717, 1.165) is 10.9 Å². The van der Waals surface area contributed by atoms with E-state index in [1.807, 2.05) is 12.1 Å². The lowest BCUT2D eigenvalue weighted by Crippen LogP contribution is -2.11. The molecule has 0 saturated carbocycles. The summed E-state index contributed by atoms with van der Waals surface area (Å²) >= 11 is 6.62. The van der Waals surface area contributed by atoms with Gasteiger partial charge >= 0.3 is 0 Å². The fourth-order valence-electron chi connectivity index (χ4n) is 1.24. The Bertz CT molecular complexity index is 362. The second-order valence-electron chi connectivity index (χ2n) is 3.15. The zero-order valence-electron chi connectivity index (χ0n) is 8.59. The lowest BCUT2D eigenvalue weighted by Gasteiger charge is -2.10. The summed E-state index contributed by atoms with van der Waals surface area (Å²) in [6.45, 7) is 1.81. The summed E-state index contributed by atoms with van der Waals surface area (Å²) < 4.78 is 5.20. The van der Waals surface area contributed by atoms with Crippen molar-refractivity contribution in [3.05, 3.63) is 29.3 Å². The summed E-state index contributed by atoms with van der Waals surface area (Å²) in [5.41, 5.74) is 1.71. The van der Waals surface area contributed by atoms with Crippen LogP contribution in [0.5, 0.6) is 5.75 Å². The van der Waals surface area contributed by atoms with Crippen LogP contribution in [-0.2, 0) is 5.33 Å². The topological polar surface area (TPSA) is 26.3 Å². The summed E-state index contributed by atoms with van der Waals surface area (Å²) in [6.07, 6.45) is 0. The van der Waals surface area contributed by atoms with E-state index in [1.54, 1.807) is 20.1 Å². The largest absolute Gasteiger partial charge is 0.496 e. The molecule has 0 fully saturated rings. The molecule has 0 spiro atoms. The number of ketones is 1. The molecule has 15 heavy (non-hydrogen) atoms. The van der Waals surface area contributed by atoms with Gasteiger partial charge < -0.3 is 4.74 Å². The number of Topliss-reactive ketones (excluding diaryl/α,β-unsaturated/α-hetero) is 1. The zero-order valence-corrected chi connectivity index (χ0v) is 11.8. The Morgan fingerprint density at radius 1 is 1.53 bits per heavy atom. The highest BCUT2D eigenvalue weighted by molar-refractivity contribution is 9.10. The average molecular weight is 336 g/mol. The van der Waals surface area contributed by atoms with Gasteiger partial charge in [0, 0.05) is 5.33 Å². The Morgan fingerprint density at radius 2 is 2.20 bits per heavy atom. The van der Waals surface area contributed by atoms with Crippen LogP contribution in [0.15, 0.2) is 18.2 Å². The van der Waals surface area contributed by atoms with Crippen LogP contribution < -0.4 is 4.74 Å². The molecule has 0 saturated heterocycles. The molecule has 0 aliphatic heterocycles. The van der Waals surface area contributed by atoms with Gasteiger partial charge in [-0.05, 0) is 24.6 Å². The maximum atomic E-state index is 11.8. The molecule has 0 heterocycles. The summed E-state index contributed by atoms with van der Waals surface area (Å²) in [4.78, 5) is 11.6. The Kier molecular flexibility index (Phi) is 4.80. The molecule has 1 aromatic rings. The minimum absolute atomic E-state index is 0.0352. The Hall–Kier alpha value is -0.350. The Balaban J connectivity index is 3.13. The van der Waals surface area contributed by atoms with Crippen molar-refractivity contribution in [2.45, 2.75) is 17.1 Å². The summed E-state index contributed by atoms with van der Waals surface area (Å²) in [7, 11) is 1.57. The van der Waals surface area contributed by atoms with Crippen molar-refractivity contribution in [3.8, 4) is 5.75 Å². The number of methoxy groups -OCH3 is 1. The summed E-state index contributed by atoms with van der Waals surface area (Å²) in [6, 6.07) is 5.59.